The molecule has 1 amide bonds. The van der Waals surface area contributed by atoms with Gasteiger partial charge in [-0.3, -0.25) is 19.1 Å². The first-order valence-corrected chi connectivity index (χ1v) is 10.6. The Morgan fingerprint density at radius 3 is 2.46 bits per heavy atom. The van der Waals surface area contributed by atoms with Crippen molar-refractivity contribution in [1.29, 1.82) is 0 Å². The van der Waals surface area contributed by atoms with Gasteiger partial charge >= 0.3 is 6.18 Å². The number of methoxy groups -OCH3 is 1. The minimum atomic E-state index is -4.71. The summed E-state index contributed by atoms with van der Waals surface area (Å²) in [5, 5.41) is 4.61. The largest absolute Gasteiger partial charge is 0.416 e. The molecule has 0 aliphatic heterocycles. The number of nitrogens with zero attached hydrogens (tertiary/aromatic N) is 3. The summed E-state index contributed by atoms with van der Waals surface area (Å²) in [7, 11) is 3.26. The van der Waals surface area contributed by atoms with Crippen molar-refractivity contribution in [1.82, 2.24) is 19.9 Å². The number of benzene rings is 1. The van der Waals surface area contributed by atoms with Gasteiger partial charge in [-0.1, -0.05) is 23.2 Å². The van der Waals surface area contributed by atoms with E-state index in [0.717, 1.165) is 10.9 Å². The molecule has 3 rings (SSSR count). The highest BCUT2D eigenvalue weighted by Gasteiger charge is 2.32. The molecule has 0 spiro atoms. The van der Waals surface area contributed by atoms with E-state index >= 15 is 0 Å². The number of alkyl halides is 3. The van der Waals surface area contributed by atoms with E-state index in [-0.39, 0.29) is 17.4 Å². The molecule has 0 radical (unpaired) electrons. The molecule has 2 aromatic heterocycles. The molecular weight excluding hydrogens is 512 g/mol. The van der Waals surface area contributed by atoms with Gasteiger partial charge in [0, 0.05) is 13.3 Å². The average Bonchev–Trinajstić information content (AvgIpc) is 2.78. The summed E-state index contributed by atoms with van der Waals surface area (Å²) in [6.45, 7) is 0.338. The van der Waals surface area contributed by atoms with Gasteiger partial charge in [-0.25, -0.2) is 4.98 Å². The van der Waals surface area contributed by atoms with Crippen LogP contribution in [0.1, 0.15) is 27.5 Å². The number of likely N-dealkylation sites (N-methyl/N-ethyl adjacent to an activating group) is 1. The molecule has 35 heavy (non-hydrogen) atoms. The summed E-state index contributed by atoms with van der Waals surface area (Å²) in [5.74, 6) is -1.32. The Labute approximate surface area is 207 Å². The number of aromatic nitrogens is 3. The molecule has 0 fully saturated rings. The van der Waals surface area contributed by atoms with Crippen molar-refractivity contribution in [3.8, 4) is 5.69 Å². The summed E-state index contributed by atoms with van der Waals surface area (Å²) in [6, 6.07) is 2.63. The van der Waals surface area contributed by atoms with Gasteiger partial charge in [0.25, 0.3) is 11.5 Å². The van der Waals surface area contributed by atoms with Crippen molar-refractivity contribution >= 4 is 40.6 Å². The maximum atomic E-state index is 13.1. The van der Waals surface area contributed by atoms with Gasteiger partial charge in [0.2, 0.25) is 0 Å². The van der Waals surface area contributed by atoms with Crippen LogP contribution < -0.4 is 21.9 Å². The summed E-state index contributed by atoms with van der Waals surface area (Å²) < 4.78 is 45.0. The second kappa shape index (κ2) is 10.6. The third kappa shape index (κ3) is 5.73. The molecule has 0 aliphatic carbocycles. The van der Waals surface area contributed by atoms with Gasteiger partial charge in [-0.05, 0) is 30.8 Å². The number of nitrogen functional groups attached to an aromatic ring is 1. The Morgan fingerprint density at radius 2 is 1.89 bits per heavy atom. The molecule has 14 heteroatoms. The molecule has 2 heterocycles. The first-order chi connectivity index (χ1) is 16.5. The van der Waals surface area contributed by atoms with Gasteiger partial charge < -0.3 is 21.1 Å². The molecule has 1 aromatic carbocycles. The number of carbonyl (C=O) groups excluding carboxylic acids is 1. The molecular formula is C21H19Cl2F3N6O3. The maximum absolute atomic E-state index is 13.1. The number of rotatable bonds is 7. The third-order valence-corrected chi connectivity index (χ3v) is 5.49. The Kier molecular flexibility index (Phi) is 8.00. The van der Waals surface area contributed by atoms with Crippen LogP contribution in [0.4, 0.5) is 24.7 Å². The van der Waals surface area contributed by atoms with E-state index in [4.69, 9.17) is 33.7 Å². The van der Waals surface area contributed by atoms with Crippen LogP contribution in [0.3, 0.4) is 0 Å². The van der Waals surface area contributed by atoms with Crippen LogP contribution in [-0.4, -0.2) is 41.2 Å². The van der Waals surface area contributed by atoms with Crippen molar-refractivity contribution in [3.63, 3.8) is 0 Å². The van der Waals surface area contributed by atoms with E-state index in [1.54, 1.807) is 19.3 Å². The van der Waals surface area contributed by atoms with Crippen molar-refractivity contribution in [3.05, 3.63) is 74.0 Å². The van der Waals surface area contributed by atoms with Crippen LogP contribution in [0.25, 0.3) is 5.69 Å². The number of nitrogens with one attached hydrogen (secondary N) is 2. The lowest BCUT2D eigenvalue weighted by atomic mass is 10.1. The highest BCUT2D eigenvalue weighted by molar-refractivity contribution is 6.37. The predicted octanol–water partition coefficient (Wildman–Crippen LogP) is 3.69. The molecule has 0 bridgehead atoms. The fourth-order valence-corrected chi connectivity index (χ4v) is 3.89. The Hall–Kier alpha value is -3.19. The number of halogens is 5. The number of nitrogens with two attached hydrogens (primary N) is 1. The zero-order chi connectivity index (χ0) is 25.9. The van der Waals surface area contributed by atoms with E-state index in [0.29, 0.717) is 24.3 Å². The molecule has 0 saturated heterocycles. The predicted molar refractivity (Wildman–Crippen MR) is 125 cm³/mol. The van der Waals surface area contributed by atoms with Crippen LogP contribution in [0, 0.1) is 0 Å². The second-order valence-corrected chi connectivity index (χ2v) is 8.04. The molecule has 0 unspecified atom stereocenters. The van der Waals surface area contributed by atoms with Crippen molar-refractivity contribution in [2.45, 2.75) is 12.2 Å². The third-order valence-electron chi connectivity index (χ3n) is 4.91. The Bertz CT molecular complexity index is 1290. The quantitative estimate of drug-likeness (QED) is 0.425. The first kappa shape index (κ1) is 26.4. The van der Waals surface area contributed by atoms with Gasteiger partial charge in [0.1, 0.15) is 17.7 Å². The number of hydrogen-bond donors (Lipinski definition) is 3. The summed E-state index contributed by atoms with van der Waals surface area (Å²) in [5.41, 5.74) is 3.79. The van der Waals surface area contributed by atoms with Crippen LogP contribution in [0.2, 0.25) is 10.0 Å². The van der Waals surface area contributed by atoms with Crippen molar-refractivity contribution < 1.29 is 22.7 Å². The summed E-state index contributed by atoms with van der Waals surface area (Å²) in [6.07, 6.45) is -0.857. The van der Waals surface area contributed by atoms with E-state index in [2.05, 4.69) is 20.6 Å². The van der Waals surface area contributed by atoms with E-state index in [1.165, 1.54) is 13.3 Å². The van der Waals surface area contributed by atoms with Crippen molar-refractivity contribution in [2.75, 3.05) is 31.8 Å². The van der Waals surface area contributed by atoms with Gasteiger partial charge in [-0.15, -0.1) is 0 Å². The van der Waals surface area contributed by atoms with E-state index in [9.17, 15) is 22.8 Å². The zero-order valence-corrected chi connectivity index (χ0v) is 19.8. The Morgan fingerprint density at radius 1 is 1.23 bits per heavy atom. The lowest BCUT2D eigenvalue weighted by molar-refractivity contribution is -0.137. The molecule has 0 aliphatic rings. The molecule has 3 aromatic rings. The van der Waals surface area contributed by atoms with Crippen LogP contribution in [0.5, 0.6) is 0 Å². The lowest BCUT2D eigenvalue weighted by Gasteiger charge is -2.16. The SMILES string of the molecule is CN[C@@H](COC)c1cncc(NC(=O)c2c(N)ncn(-c3c(Cl)cc(C(F)(F)F)cc3Cl)c2=O)c1. The smallest absolute Gasteiger partial charge is 0.383 e. The maximum Gasteiger partial charge on any atom is 0.416 e. The molecule has 1 atom stereocenters. The number of carbonyl (C=O) groups is 1. The van der Waals surface area contributed by atoms with Crippen LogP contribution in [0.15, 0.2) is 41.7 Å². The highest BCUT2D eigenvalue weighted by atomic mass is 35.5. The minimum absolute atomic E-state index is 0.214. The minimum Gasteiger partial charge on any atom is -0.383 e. The lowest BCUT2D eigenvalue weighted by Crippen LogP contribution is -2.31. The van der Waals surface area contributed by atoms with E-state index in [1.807, 2.05) is 0 Å². The van der Waals surface area contributed by atoms with Gasteiger partial charge in [0.05, 0.1) is 45.8 Å². The standard InChI is InChI=1S/C21H19Cl2F3N6O3/c1-28-15(8-35-2)10-3-12(7-29-6-10)31-19(33)16-18(27)30-9-32(20(16)34)17-13(22)4-11(5-14(17)23)21(24,25)26/h3-7,9,15,28H,8,27H2,1-2H3,(H,31,33)/t15-/m0/s1. The highest BCUT2D eigenvalue weighted by Crippen LogP contribution is 2.37. The van der Waals surface area contributed by atoms with Crippen LogP contribution >= 0.6 is 23.2 Å². The average molecular weight is 531 g/mol. The number of anilines is 2. The summed E-state index contributed by atoms with van der Waals surface area (Å²) >= 11 is 12.0. The molecule has 4 N–H and O–H groups in total. The molecule has 186 valence electrons. The van der Waals surface area contributed by atoms with Gasteiger partial charge in [-0.2, -0.15) is 13.2 Å². The molecule has 0 saturated carbocycles. The number of amides is 1. The second-order valence-electron chi connectivity index (χ2n) is 7.22. The topological polar surface area (TPSA) is 124 Å². The number of ether oxygens (including phenoxy) is 1. The van der Waals surface area contributed by atoms with Crippen LogP contribution in [-0.2, 0) is 10.9 Å². The summed E-state index contributed by atoms with van der Waals surface area (Å²) in [4.78, 5) is 33.9. The van der Waals surface area contributed by atoms with E-state index < -0.39 is 44.6 Å². The first-order valence-electron chi connectivity index (χ1n) is 9.84. The van der Waals surface area contributed by atoms with Gasteiger partial charge in [0.15, 0.2) is 0 Å². The molecule has 9 nitrogen and oxygen atoms in total. The Balaban J connectivity index is 2.01. The monoisotopic (exact) mass is 530 g/mol. The zero-order valence-electron chi connectivity index (χ0n) is 18.3. The number of hydrogen-bond acceptors (Lipinski definition) is 7. The number of pyridine rings is 1. The van der Waals surface area contributed by atoms with Crippen molar-refractivity contribution in [2.24, 2.45) is 0 Å². The fraction of sp³-hybridized carbons (Fsp3) is 0.238. The normalized spacial score (nSPS) is 12.4. The fourth-order valence-electron chi connectivity index (χ4n) is 3.22.